The lowest BCUT2D eigenvalue weighted by atomic mass is 9.82. The van der Waals surface area contributed by atoms with Crippen LogP contribution in [0, 0.1) is 0 Å². The number of benzene rings is 8. The molecular formula is C47H33NO. The molecule has 1 aliphatic rings. The van der Waals surface area contributed by atoms with Gasteiger partial charge in [-0.05, 0) is 80.4 Å². The fourth-order valence-corrected chi connectivity index (χ4v) is 8.19. The van der Waals surface area contributed by atoms with E-state index in [9.17, 15) is 0 Å². The molecule has 0 amide bonds. The zero-order valence-electron chi connectivity index (χ0n) is 27.4. The van der Waals surface area contributed by atoms with Gasteiger partial charge < -0.3 is 9.32 Å². The molecule has 1 aromatic heterocycles. The molecule has 2 heteroatoms. The molecule has 0 aliphatic heterocycles. The van der Waals surface area contributed by atoms with Crippen LogP contribution in [-0.4, -0.2) is 0 Å². The molecule has 49 heavy (non-hydrogen) atoms. The zero-order valence-corrected chi connectivity index (χ0v) is 27.4. The average molecular weight is 628 g/mol. The Morgan fingerprint density at radius 3 is 1.96 bits per heavy atom. The topological polar surface area (TPSA) is 16.4 Å². The molecule has 8 aromatic carbocycles. The summed E-state index contributed by atoms with van der Waals surface area (Å²) in [6.45, 7) is 4.68. The van der Waals surface area contributed by atoms with Crippen molar-refractivity contribution in [2.45, 2.75) is 19.3 Å². The van der Waals surface area contributed by atoms with Crippen molar-refractivity contribution in [2.75, 3.05) is 4.90 Å². The molecule has 0 fully saturated rings. The summed E-state index contributed by atoms with van der Waals surface area (Å²) in [5.41, 5.74) is 12.6. The van der Waals surface area contributed by atoms with Gasteiger partial charge in [0.1, 0.15) is 5.58 Å². The van der Waals surface area contributed by atoms with Crippen molar-refractivity contribution in [3.63, 3.8) is 0 Å². The second kappa shape index (κ2) is 10.4. The van der Waals surface area contributed by atoms with Gasteiger partial charge in [-0.2, -0.15) is 0 Å². The molecule has 10 rings (SSSR count). The van der Waals surface area contributed by atoms with E-state index in [1.807, 2.05) is 0 Å². The first-order valence-corrected chi connectivity index (χ1v) is 17.0. The number of hydrogen-bond acceptors (Lipinski definition) is 2. The lowest BCUT2D eigenvalue weighted by Crippen LogP contribution is -2.16. The van der Waals surface area contributed by atoms with Crippen molar-refractivity contribution in [3.8, 4) is 22.3 Å². The van der Waals surface area contributed by atoms with E-state index >= 15 is 0 Å². The van der Waals surface area contributed by atoms with Crippen molar-refractivity contribution >= 4 is 60.5 Å². The minimum Gasteiger partial charge on any atom is -0.453 e. The molecule has 0 spiro atoms. The number of nitrogens with zero attached hydrogens (tertiary/aromatic N) is 1. The van der Waals surface area contributed by atoms with Crippen LogP contribution in [0.5, 0.6) is 0 Å². The van der Waals surface area contributed by atoms with E-state index in [1.54, 1.807) is 0 Å². The van der Waals surface area contributed by atoms with Gasteiger partial charge in [-0.1, -0.05) is 141 Å². The van der Waals surface area contributed by atoms with E-state index in [1.165, 1.54) is 49.5 Å². The summed E-state index contributed by atoms with van der Waals surface area (Å²) in [7, 11) is 0. The molecule has 0 atom stereocenters. The predicted octanol–water partition coefficient (Wildman–Crippen LogP) is 13.3. The van der Waals surface area contributed by atoms with Crippen LogP contribution < -0.4 is 4.90 Å². The van der Waals surface area contributed by atoms with E-state index in [4.69, 9.17) is 4.42 Å². The van der Waals surface area contributed by atoms with Gasteiger partial charge in [-0.15, -0.1) is 0 Å². The van der Waals surface area contributed by atoms with Crippen LogP contribution in [0.2, 0.25) is 0 Å². The zero-order chi connectivity index (χ0) is 32.7. The molecule has 1 aliphatic carbocycles. The largest absolute Gasteiger partial charge is 0.453 e. The Bertz CT molecular complexity index is 2750. The summed E-state index contributed by atoms with van der Waals surface area (Å²) in [6.07, 6.45) is 0. The van der Waals surface area contributed by atoms with Gasteiger partial charge in [0.2, 0.25) is 0 Å². The monoisotopic (exact) mass is 627 g/mol. The van der Waals surface area contributed by atoms with E-state index < -0.39 is 0 Å². The molecule has 0 radical (unpaired) electrons. The Kier molecular flexibility index (Phi) is 5.95. The Hall–Kier alpha value is -6.12. The van der Waals surface area contributed by atoms with E-state index in [0.717, 1.165) is 44.4 Å². The highest BCUT2D eigenvalue weighted by Gasteiger charge is 2.38. The lowest BCUT2D eigenvalue weighted by molar-refractivity contribution is 0.660. The van der Waals surface area contributed by atoms with Gasteiger partial charge in [0, 0.05) is 32.8 Å². The molecule has 232 valence electrons. The smallest absolute Gasteiger partial charge is 0.159 e. The first-order chi connectivity index (χ1) is 24.1. The summed E-state index contributed by atoms with van der Waals surface area (Å²) in [6, 6.07) is 59.4. The maximum absolute atomic E-state index is 6.94. The third kappa shape index (κ3) is 4.14. The third-order valence-corrected chi connectivity index (χ3v) is 10.6. The maximum Gasteiger partial charge on any atom is 0.159 e. The van der Waals surface area contributed by atoms with Gasteiger partial charge in [-0.3, -0.25) is 0 Å². The predicted molar refractivity (Wildman–Crippen MR) is 206 cm³/mol. The molecule has 0 saturated heterocycles. The second-order valence-corrected chi connectivity index (χ2v) is 13.7. The minimum absolute atomic E-state index is 0.113. The standard InChI is InChI=1S/C47H33NO/c1-47(2)40-17-8-7-15-39(40)44-41(47)18-10-19-42(44)48(35-26-23-31(24-27-35)34-22-21-30-11-3-4-13-33(30)29-34)43-20-9-16-37-38-28-25-32-12-5-6-14-36(32)45(38)49-46(37)43/h3-29H,1-2H3. The van der Waals surface area contributed by atoms with Crippen LogP contribution in [0.4, 0.5) is 17.1 Å². The van der Waals surface area contributed by atoms with Crippen LogP contribution >= 0.6 is 0 Å². The molecule has 0 N–H and O–H groups in total. The highest BCUT2D eigenvalue weighted by atomic mass is 16.3. The number of hydrogen-bond donors (Lipinski definition) is 0. The number of rotatable bonds is 4. The van der Waals surface area contributed by atoms with Gasteiger partial charge in [0.15, 0.2) is 5.58 Å². The molecule has 0 saturated carbocycles. The van der Waals surface area contributed by atoms with Crippen LogP contribution in [-0.2, 0) is 5.41 Å². The highest BCUT2D eigenvalue weighted by Crippen LogP contribution is 2.55. The van der Waals surface area contributed by atoms with Crippen LogP contribution in [0.25, 0.3) is 65.7 Å². The first-order valence-electron chi connectivity index (χ1n) is 17.0. The van der Waals surface area contributed by atoms with Gasteiger partial charge in [0.25, 0.3) is 0 Å². The summed E-state index contributed by atoms with van der Waals surface area (Å²) in [5.74, 6) is 0. The number of anilines is 3. The van der Waals surface area contributed by atoms with E-state index in [-0.39, 0.29) is 5.41 Å². The molecule has 2 nitrogen and oxygen atoms in total. The van der Waals surface area contributed by atoms with Gasteiger partial charge >= 0.3 is 0 Å². The fourth-order valence-electron chi connectivity index (χ4n) is 8.19. The molecule has 1 heterocycles. The van der Waals surface area contributed by atoms with Crippen molar-refractivity contribution in [2.24, 2.45) is 0 Å². The quantitative estimate of drug-likeness (QED) is 0.193. The molecule has 0 bridgehead atoms. The Labute approximate surface area is 285 Å². The van der Waals surface area contributed by atoms with Gasteiger partial charge in [0.05, 0.1) is 11.4 Å². The summed E-state index contributed by atoms with van der Waals surface area (Å²) in [5, 5.41) is 7.05. The van der Waals surface area contributed by atoms with Crippen LogP contribution in [0.3, 0.4) is 0 Å². The third-order valence-electron chi connectivity index (χ3n) is 10.6. The van der Waals surface area contributed by atoms with Crippen molar-refractivity contribution in [1.82, 2.24) is 0 Å². The SMILES string of the molecule is CC1(C)c2ccccc2-c2c(N(c3ccc(-c4ccc5ccccc5c4)cc3)c3cccc4c3oc3c5ccccc5ccc43)cccc21. The maximum atomic E-state index is 6.94. The Morgan fingerprint density at radius 1 is 0.449 bits per heavy atom. The normalized spacial score (nSPS) is 13.3. The van der Waals surface area contributed by atoms with E-state index in [2.05, 4.69) is 183 Å². The highest BCUT2D eigenvalue weighted by molar-refractivity contribution is 6.17. The average Bonchev–Trinajstić information content (AvgIpc) is 3.65. The van der Waals surface area contributed by atoms with Crippen LogP contribution in [0.15, 0.2) is 168 Å². The fraction of sp³-hybridized carbons (Fsp3) is 0.0638. The summed E-state index contributed by atoms with van der Waals surface area (Å²) in [4.78, 5) is 2.41. The lowest BCUT2D eigenvalue weighted by Gasteiger charge is -2.29. The van der Waals surface area contributed by atoms with Crippen LogP contribution in [0.1, 0.15) is 25.0 Å². The number of para-hydroxylation sites is 1. The Morgan fingerprint density at radius 2 is 1.08 bits per heavy atom. The van der Waals surface area contributed by atoms with Crippen molar-refractivity contribution in [3.05, 3.63) is 175 Å². The van der Waals surface area contributed by atoms with Gasteiger partial charge in [-0.25, -0.2) is 0 Å². The second-order valence-electron chi connectivity index (χ2n) is 13.7. The Balaban J connectivity index is 1.22. The first kappa shape index (κ1) is 27.9. The molecule has 9 aromatic rings. The van der Waals surface area contributed by atoms with Crippen molar-refractivity contribution < 1.29 is 4.42 Å². The molecular weight excluding hydrogens is 595 g/mol. The number of fused-ring (bicyclic) bond motifs is 9. The summed E-state index contributed by atoms with van der Waals surface area (Å²) < 4.78 is 6.94. The molecule has 0 unspecified atom stereocenters. The minimum atomic E-state index is -0.113. The van der Waals surface area contributed by atoms with Crippen molar-refractivity contribution in [1.29, 1.82) is 0 Å². The van der Waals surface area contributed by atoms with E-state index in [0.29, 0.717) is 0 Å². The summed E-state index contributed by atoms with van der Waals surface area (Å²) >= 11 is 0. The number of furan rings is 1.